The van der Waals surface area contributed by atoms with Gasteiger partial charge in [-0.25, -0.2) is 13.6 Å². The maximum absolute atomic E-state index is 16.9. The maximum Gasteiger partial charge on any atom is 0.410 e. The van der Waals surface area contributed by atoms with E-state index < -0.39 is 29.4 Å². The number of nitrogens with zero attached hydrogens (tertiary/aromatic N) is 6. The number of rotatable bonds is 6. The molecular weight excluding hydrogens is 650 g/mol. The van der Waals surface area contributed by atoms with E-state index in [1.54, 1.807) is 49.9 Å². The normalized spacial score (nSPS) is 19.3. The summed E-state index contributed by atoms with van der Waals surface area (Å²) < 4.78 is 45.2. The third kappa shape index (κ3) is 6.21. The Morgan fingerprint density at radius 1 is 1.08 bits per heavy atom. The molecule has 3 aliphatic rings. The first-order chi connectivity index (χ1) is 23.5. The van der Waals surface area contributed by atoms with Gasteiger partial charge in [0.2, 0.25) is 0 Å². The Labute approximate surface area is 289 Å². The van der Waals surface area contributed by atoms with E-state index in [0.717, 1.165) is 44.2 Å². The summed E-state index contributed by atoms with van der Waals surface area (Å²) in [6, 6.07) is 13.5. The van der Waals surface area contributed by atoms with Crippen LogP contribution in [0, 0.1) is 23.0 Å². The molecule has 0 bridgehead atoms. The fraction of sp³-hybridized carbons (Fsp3) is 0.459. The quantitative estimate of drug-likeness (QED) is 0.203. The largest absolute Gasteiger partial charge is 0.461 e. The van der Waals surface area contributed by atoms with E-state index in [1.807, 2.05) is 17.0 Å². The monoisotopic (exact) mass is 688 g/mol. The molecule has 4 heterocycles. The van der Waals surface area contributed by atoms with Gasteiger partial charge in [-0.05, 0) is 82.6 Å². The summed E-state index contributed by atoms with van der Waals surface area (Å²) in [4.78, 5) is 28.3. The van der Waals surface area contributed by atoms with Crippen LogP contribution < -0.4 is 9.64 Å². The second-order valence-electron chi connectivity index (χ2n) is 14.3. The number of carbonyl (C=O) groups is 1. The molecule has 7 rings (SSSR count). The lowest BCUT2D eigenvalue weighted by Crippen LogP contribution is -2.56. The van der Waals surface area contributed by atoms with Crippen molar-refractivity contribution < 1.29 is 23.0 Å². The third-order valence-corrected chi connectivity index (χ3v) is 10.3. The predicted molar refractivity (Wildman–Crippen MR) is 185 cm³/mol. The first kappa shape index (κ1) is 33.2. The summed E-state index contributed by atoms with van der Waals surface area (Å²) in [7, 11) is 0. The van der Waals surface area contributed by atoms with E-state index in [0.29, 0.717) is 22.6 Å². The number of aromatic nitrogens is 2. The molecule has 1 atom stereocenters. The van der Waals surface area contributed by atoms with Crippen molar-refractivity contribution in [3.63, 3.8) is 0 Å². The Kier molecular flexibility index (Phi) is 8.74. The maximum atomic E-state index is 16.9. The molecule has 12 heteroatoms. The number of ether oxygens (including phenoxy) is 2. The van der Waals surface area contributed by atoms with Crippen molar-refractivity contribution in [1.82, 2.24) is 19.8 Å². The van der Waals surface area contributed by atoms with E-state index >= 15 is 8.78 Å². The van der Waals surface area contributed by atoms with Crippen molar-refractivity contribution in [2.45, 2.75) is 70.1 Å². The number of nitriles is 1. The van der Waals surface area contributed by atoms with Crippen LogP contribution in [0.4, 0.5) is 19.4 Å². The highest BCUT2D eigenvalue weighted by Gasteiger charge is 2.45. The molecule has 3 aromatic carbocycles. The fourth-order valence-electron chi connectivity index (χ4n) is 7.76. The number of piperazine rings is 1. The molecule has 3 saturated heterocycles. The number of carbonyl (C=O) groups excluding carboxylic acids is 1. The zero-order valence-electron chi connectivity index (χ0n) is 27.9. The van der Waals surface area contributed by atoms with Crippen LogP contribution >= 0.6 is 11.6 Å². The highest BCUT2D eigenvalue weighted by Crippen LogP contribution is 2.42. The summed E-state index contributed by atoms with van der Waals surface area (Å²) >= 11 is 6.58. The molecule has 0 unspecified atom stereocenters. The van der Waals surface area contributed by atoms with E-state index in [9.17, 15) is 10.1 Å². The van der Waals surface area contributed by atoms with Gasteiger partial charge in [0.1, 0.15) is 29.4 Å². The van der Waals surface area contributed by atoms with Crippen LogP contribution in [0.1, 0.15) is 52.9 Å². The van der Waals surface area contributed by atoms with Gasteiger partial charge in [-0.3, -0.25) is 4.90 Å². The van der Waals surface area contributed by atoms with E-state index in [4.69, 9.17) is 26.1 Å². The van der Waals surface area contributed by atoms with Crippen LogP contribution in [0.2, 0.25) is 5.02 Å². The molecule has 256 valence electrons. The van der Waals surface area contributed by atoms with Crippen LogP contribution in [-0.4, -0.2) is 82.4 Å². The van der Waals surface area contributed by atoms with Crippen molar-refractivity contribution in [3.8, 4) is 23.2 Å². The van der Waals surface area contributed by atoms with E-state index in [2.05, 4.69) is 16.0 Å². The summed E-state index contributed by atoms with van der Waals surface area (Å²) in [6.07, 6.45) is 3.69. The number of hydrogen-bond donors (Lipinski definition) is 0. The van der Waals surface area contributed by atoms with E-state index in [1.165, 1.54) is 6.07 Å². The zero-order valence-corrected chi connectivity index (χ0v) is 28.7. The molecule has 1 aromatic heterocycles. The molecule has 0 spiro atoms. The smallest absolute Gasteiger partial charge is 0.410 e. The highest BCUT2D eigenvalue weighted by atomic mass is 35.5. The van der Waals surface area contributed by atoms with Gasteiger partial charge in [0.25, 0.3) is 0 Å². The van der Waals surface area contributed by atoms with Crippen molar-refractivity contribution in [1.29, 1.82) is 5.26 Å². The van der Waals surface area contributed by atoms with Crippen LogP contribution in [-0.2, 0) is 4.74 Å². The second-order valence-corrected chi connectivity index (χ2v) is 14.7. The minimum Gasteiger partial charge on any atom is -0.461 e. The SMILES string of the molecule is CC(C)(C)OC(=O)N1CCN(c2nc(OCC34CCCN3CCC4)nc3c(F)c(-c4cccc5cccc(Cl)c45)c(F)cc23)C[C@@H]1CC#N. The number of hydrogen-bond acceptors (Lipinski definition) is 8. The van der Waals surface area contributed by atoms with Gasteiger partial charge in [-0.2, -0.15) is 15.2 Å². The molecular formula is C37H39ClF2N6O3. The van der Waals surface area contributed by atoms with Crippen molar-refractivity contribution in [2.24, 2.45) is 0 Å². The summed E-state index contributed by atoms with van der Waals surface area (Å²) in [5.41, 5.74) is -0.833. The van der Waals surface area contributed by atoms with Gasteiger partial charge >= 0.3 is 12.1 Å². The Hall–Kier alpha value is -4.27. The number of halogens is 3. The second kappa shape index (κ2) is 12.9. The summed E-state index contributed by atoms with van der Waals surface area (Å²) in [5.74, 6) is -1.36. The molecule has 0 saturated carbocycles. The van der Waals surface area contributed by atoms with Gasteiger partial charge in [0.15, 0.2) is 5.82 Å². The highest BCUT2D eigenvalue weighted by molar-refractivity contribution is 6.36. The molecule has 3 fully saturated rings. The molecule has 1 amide bonds. The van der Waals surface area contributed by atoms with Gasteiger partial charge in [0, 0.05) is 35.4 Å². The lowest BCUT2D eigenvalue weighted by atomic mass is 9.95. The first-order valence-corrected chi connectivity index (χ1v) is 17.2. The number of fused-ring (bicyclic) bond motifs is 3. The van der Waals surface area contributed by atoms with Crippen LogP contribution in [0.5, 0.6) is 6.01 Å². The van der Waals surface area contributed by atoms with E-state index in [-0.39, 0.29) is 59.9 Å². The minimum atomic E-state index is -0.849. The summed E-state index contributed by atoms with van der Waals surface area (Å²) in [5, 5.41) is 11.5. The molecule has 0 radical (unpaired) electrons. The van der Waals surface area contributed by atoms with Crippen LogP contribution in [0.15, 0.2) is 42.5 Å². The molecule has 49 heavy (non-hydrogen) atoms. The molecule has 3 aliphatic heterocycles. The van der Waals surface area contributed by atoms with Crippen LogP contribution in [0.25, 0.3) is 32.8 Å². The molecule has 4 aromatic rings. The fourth-order valence-corrected chi connectivity index (χ4v) is 8.05. The van der Waals surface area contributed by atoms with Crippen molar-refractivity contribution in [2.75, 3.05) is 44.2 Å². The molecule has 0 aliphatic carbocycles. The minimum absolute atomic E-state index is 0.00515. The Morgan fingerprint density at radius 2 is 1.82 bits per heavy atom. The number of benzene rings is 3. The Balaban J connectivity index is 1.33. The van der Waals surface area contributed by atoms with Gasteiger partial charge in [-0.15, -0.1) is 0 Å². The third-order valence-electron chi connectivity index (χ3n) is 9.98. The first-order valence-electron chi connectivity index (χ1n) is 16.8. The summed E-state index contributed by atoms with van der Waals surface area (Å²) in [6.45, 7) is 8.45. The van der Waals surface area contributed by atoms with Crippen molar-refractivity contribution >= 4 is 45.2 Å². The van der Waals surface area contributed by atoms with Crippen LogP contribution in [0.3, 0.4) is 0 Å². The number of anilines is 1. The lowest BCUT2D eigenvalue weighted by molar-refractivity contribution is 0.0145. The van der Waals surface area contributed by atoms with Gasteiger partial charge in [0.05, 0.1) is 29.6 Å². The topological polar surface area (TPSA) is 94.8 Å². The molecule has 0 N–H and O–H groups in total. The Bertz CT molecular complexity index is 1960. The average molecular weight is 689 g/mol. The lowest BCUT2D eigenvalue weighted by Gasteiger charge is -2.41. The zero-order chi connectivity index (χ0) is 34.5. The van der Waals surface area contributed by atoms with Crippen molar-refractivity contribution in [3.05, 3.63) is 59.1 Å². The standard InChI is InChI=1S/C37H39ClF2N6O3/c1-36(2,3)49-35(47)46-19-18-44(21-24(46)12-15-41)33-26-20-28(39)30(25-10-4-8-23-9-5-11-27(38)29(23)25)31(40)32(26)42-34(43-33)48-22-37-13-6-16-45(37)17-7-14-37/h4-5,8-11,20,24H,6-7,12-14,16-19,21-22H2,1-3H3/t24-/m0/s1. The average Bonchev–Trinajstić information content (AvgIpc) is 3.64. The predicted octanol–water partition coefficient (Wildman–Crippen LogP) is 7.73. The van der Waals surface area contributed by atoms with Gasteiger partial charge in [-0.1, -0.05) is 41.9 Å². The van der Waals surface area contributed by atoms with Gasteiger partial charge < -0.3 is 19.3 Å². The number of amides is 1. The Morgan fingerprint density at radius 3 is 2.53 bits per heavy atom. The molecule has 9 nitrogen and oxygen atoms in total.